The van der Waals surface area contributed by atoms with Crippen LogP contribution in [0.5, 0.6) is 11.5 Å². The van der Waals surface area contributed by atoms with E-state index in [2.05, 4.69) is 13.8 Å². The molecule has 1 fully saturated rings. The number of pyridine rings is 1. The fourth-order valence-corrected chi connectivity index (χ4v) is 3.75. The van der Waals surface area contributed by atoms with E-state index in [0.29, 0.717) is 41.3 Å². The molecule has 1 aliphatic heterocycles. The third-order valence-corrected chi connectivity index (χ3v) is 5.77. The van der Waals surface area contributed by atoms with Crippen LogP contribution in [0.4, 0.5) is 0 Å². The number of ether oxygens (including phenoxy) is 2. The molecule has 28 heavy (non-hydrogen) atoms. The molecule has 0 N–H and O–H groups in total. The largest absolute Gasteiger partial charge is 0.492 e. The molecule has 2 aromatic rings. The second-order valence-corrected chi connectivity index (χ2v) is 8.46. The van der Waals surface area contributed by atoms with Gasteiger partial charge in [-0.25, -0.2) is 0 Å². The highest BCUT2D eigenvalue weighted by molar-refractivity contribution is 6.32. The van der Waals surface area contributed by atoms with Gasteiger partial charge in [-0.1, -0.05) is 25.4 Å². The topological polar surface area (TPSA) is 57.5 Å². The molecular weight excluding hydrogens is 378 g/mol. The van der Waals surface area contributed by atoms with Crippen molar-refractivity contribution >= 4 is 17.4 Å². The van der Waals surface area contributed by atoms with Gasteiger partial charge >= 0.3 is 0 Å². The molecule has 6 heteroatoms. The number of Topliss-reactive ketones (excluding diaryl/α,β-unsaturated/α-hetero) is 1. The van der Waals surface area contributed by atoms with E-state index < -0.39 is 0 Å². The fourth-order valence-electron chi connectivity index (χ4n) is 3.53. The van der Waals surface area contributed by atoms with Crippen LogP contribution in [0.15, 0.2) is 29.2 Å². The molecule has 4 rings (SSSR count). The minimum Gasteiger partial charge on any atom is -0.492 e. The smallest absolute Gasteiger partial charge is 0.192 e. The lowest BCUT2D eigenvalue weighted by molar-refractivity contribution is 0.101. The highest BCUT2D eigenvalue weighted by Crippen LogP contribution is 2.42. The molecule has 1 saturated carbocycles. The Labute approximate surface area is 169 Å². The van der Waals surface area contributed by atoms with E-state index in [1.807, 2.05) is 10.6 Å². The number of nitrogens with zero attached hydrogens (tertiary/aromatic N) is 1. The molecule has 5 nitrogen and oxygen atoms in total. The summed E-state index contributed by atoms with van der Waals surface area (Å²) in [7, 11) is 0. The SMILES string of the molecule is CC(=O)c1cn2c(cc1=O)-c1cc(Cl)c(OCC3CC3)cc1OC[C@H]2C(C)C. The van der Waals surface area contributed by atoms with Gasteiger partial charge in [0.15, 0.2) is 11.2 Å². The standard InChI is InChI=1S/C22H24ClNO4/c1-12(2)19-11-28-21-8-22(27-10-14-4-5-14)17(23)6-15(21)18-7-20(26)16(13(3)25)9-24(18)19/h6-9,12,14,19H,4-5,10-11H2,1-3H3/t19-/m0/s1. The fraction of sp³-hybridized carbons (Fsp3) is 0.455. The van der Waals surface area contributed by atoms with Crippen LogP contribution in [0, 0.1) is 11.8 Å². The monoisotopic (exact) mass is 401 g/mol. The van der Waals surface area contributed by atoms with Crippen molar-refractivity contribution in [2.24, 2.45) is 11.8 Å². The van der Waals surface area contributed by atoms with E-state index in [0.717, 1.165) is 5.56 Å². The zero-order chi connectivity index (χ0) is 20.0. The average molecular weight is 402 g/mol. The van der Waals surface area contributed by atoms with Crippen LogP contribution < -0.4 is 14.9 Å². The number of carbonyl (C=O) groups is 1. The van der Waals surface area contributed by atoms with Crippen molar-refractivity contribution < 1.29 is 14.3 Å². The third kappa shape index (κ3) is 3.55. The first-order chi connectivity index (χ1) is 13.3. The van der Waals surface area contributed by atoms with E-state index in [9.17, 15) is 9.59 Å². The van der Waals surface area contributed by atoms with Gasteiger partial charge in [-0.15, -0.1) is 0 Å². The van der Waals surface area contributed by atoms with E-state index in [1.165, 1.54) is 25.8 Å². The van der Waals surface area contributed by atoms with Gasteiger partial charge in [-0.2, -0.15) is 0 Å². The zero-order valence-corrected chi connectivity index (χ0v) is 17.1. The molecule has 1 atom stereocenters. The average Bonchev–Trinajstić information content (AvgIpc) is 3.46. The number of carbonyl (C=O) groups excluding carboxylic acids is 1. The highest BCUT2D eigenvalue weighted by atomic mass is 35.5. The van der Waals surface area contributed by atoms with Crippen LogP contribution in [-0.2, 0) is 0 Å². The minimum absolute atomic E-state index is 0.0179. The summed E-state index contributed by atoms with van der Waals surface area (Å²) >= 11 is 6.48. The Kier molecular flexibility index (Phi) is 4.96. The molecule has 148 valence electrons. The summed E-state index contributed by atoms with van der Waals surface area (Å²) in [6.07, 6.45) is 4.06. The molecule has 1 aromatic heterocycles. The second-order valence-electron chi connectivity index (χ2n) is 8.06. The van der Waals surface area contributed by atoms with E-state index in [1.54, 1.807) is 12.3 Å². The molecule has 0 bridgehead atoms. The van der Waals surface area contributed by atoms with Gasteiger partial charge < -0.3 is 14.0 Å². The van der Waals surface area contributed by atoms with Crippen LogP contribution >= 0.6 is 11.6 Å². The number of hydrogen-bond acceptors (Lipinski definition) is 4. The quantitative estimate of drug-likeness (QED) is 0.678. The van der Waals surface area contributed by atoms with Crippen molar-refractivity contribution in [1.82, 2.24) is 4.57 Å². The maximum absolute atomic E-state index is 12.5. The Morgan fingerprint density at radius 1 is 1.32 bits per heavy atom. The highest BCUT2D eigenvalue weighted by Gasteiger charge is 2.28. The first-order valence-electron chi connectivity index (χ1n) is 9.71. The van der Waals surface area contributed by atoms with Gasteiger partial charge in [0.2, 0.25) is 0 Å². The molecular formula is C22H24ClNO4. The minimum atomic E-state index is -0.292. The van der Waals surface area contributed by atoms with Gasteiger partial charge in [0.05, 0.1) is 28.9 Å². The van der Waals surface area contributed by atoms with Crippen LogP contribution in [0.2, 0.25) is 5.02 Å². The van der Waals surface area contributed by atoms with Gasteiger partial charge in [0.1, 0.15) is 18.1 Å². The first-order valence-corrected chi connectivity index (χ1v) is 10.1. The molecule has 1 aromatic carbocycles. The lowest BCUT2D eigenvalue weighted by atomic mass is 10.0. The number of halogens is 1. The summed E-state index contributed by atoms with van der Waals surface area (Å²) in [5, 5.41) is 0.487. The number of rotatable bonds is 5. The number of hydrogen-bond donors (Lipinski definition) is 0. The van der Waals surface area contributed by atoms with E-state index in [4.69, 9.17) is 21.1 Å². The maximum Gasteiger partial charge on any atom is 0.192 e. The zero-order valence-electron chi connectivity index (χ0n) is 16.3. The molecule has 2 aliphatic rings. The molecule has 0 saturated heterocycles. The van der Waals surface area contributed by atoms with Crippen molar-refractivity contribution in [2.75, 3.05) is 13.2 Å². The van der Waals surface area contributed by atoms with Crippen molar-refractivity contribution in [3.05, 3.63) is 45.2 Å². The summed E-state index contributed by atoms with van der Waals surface area (Å²) in [6, 6.07) is 5.10. The number of ketones is 1. The van der Waals surface area contributed by atoms with Crippen molar-refractivity contribution in [1.29, 1.82) is 0 Å². The summed E-state index contributed by atoms with van der Waals surface area (Å²) in [5.74, 6) is 1.86. The molecule has 0 unspecified atom stereocenters. The Bertz CT molecular complexity index is 991. The lowest BCUT2D eigenvalue weighted by Crippen LogP contribution is -2.25. The predicted molar refractivity (Wildman–Crippen MR) is 109 cm³/mol. The summed E-state index contributed by atoms with van der Waals surface area (Å²) < 4.78 is 14.0. The molecule has 1 aliphatic carbocycles. The first kappa shape index (κ1) is 19.1. The molecule has 0 amide bonds. The van der Waals surface area contributed by atoms with Crippen LogP contribution in [0.3, 0.4) is 0 Å². The Morgan fingerprint density at radius 3 is 2.71 bits per heavy atom. The maximum atomic E-state index is 12.5. The van der Waals surface area contributed by atoms with Crippen LogP contribution in [0.1, 0.15) is 50.0 Å². The Balaban J connectivity index is 1.84. The number of aromatic nitrogens is 1. The van der Waals surface area contributed by atoms with E-state index in [-0.39, 0.29) is 28.7 Å². The van der Waals surface area contributed by atoms with Gasteiger partial charge in [0, 0.05) is 23.9 Å². The molecule has 0 radical (unpaired) electrons. The summed E-state index contributed by atoms with van der Waals surface area (Å²) in [5.41, 5.74) is 1.34. The summed E-state index contributed by atoms with van der Waals surface area (Å²) in [6.45, 7) is 6.69. The van der Waals surface area contributed by atoms with Gasteiger partial charge in [-0.3, -0.25) is 9.59 Å². The van der Waals surface area contributed by atoms with Crippen molar-refractivity contribution in [2.45, 2.75) is 39.7 Å². The molecule has 0 spiro atoms. The lowest BCUT2D eigenvalue weighted by Gasteiger charge is -2.24. The van der Waals surface area contributed by atoms with Gasteiger partial charge in [0.25, 0.3) is 0 Å². The predicted octanol–water partition coefficient (Wildman–Crippen LogP) is 4.75. The molecule has 2 heterocycles. The van der Waals surface area contributed by atoms with Crippen molar-refractivity contribution in [3.63, 3.8) is 0 Å². The van der Waals surface area contributed by atoms with Gasteiger partial charge in [-0.05, 0) is 37.7 Å². The summed E-state index contributed by atoms with van der Waals surface area (Å²) in [4.78, 5) is 24.4. The normalized spacial score (nSPS) is 18.1. The van der Waals surface area contributed by atoms with E-state index >= 15 is 0 Å². The van der Waals surface area contributed by atoms with Crippen LogP contribution in [-0.4, -0.2) is 23.6 Å². The van der Waals surface area contributed by atoms with Crippen molar-refractivity contribution in [3.8, 4) is 22.8 Å². The van der Waals surface area contributed by atoms with Crippen LogP contribution in [0.25, 0.3) is 11.3 Å². The third-order valence-electron chi connectivity index (χ3n) is 5.48. The number of benzene rings is 1. The Hall–Kier alpha value is -2.27. The Morgan fingerprint density at radius 2 is 2.07 bits per heavy atom. The second kappa shape index (κ2) is 7.28. The number of fused-ring (bicyclic) bond motifs is 3.